The smallest absolute Gasteiger partial charge is 0.228 e. The molecule has 0 aliphatic carbocycles. The zero-order valence-electron chi connectivity index (χ0n) is 17.1. The monoisotopic (exact) mass is 424 g/mol. The highest BCUT2D eigenvalue weighted by atomic mass is 35.5. The number of halogens is 1. The molecule has 0 spiro atoms. The fourth-order valence-corrected chi connectivity index (χ4v) is 4.19. The van der Waals surface area contributed by atoms with Gasteiger partial charge in [0, 0.05) is 35.7 Å². The first kappa shape index (κ1) is 20.4. The van der Waals surface area contributed by atoms with Crippen LogP contribution in [0.1, 0.15) is 36.5 Å². The Labute approximate surface area is 180 Å². The lowest BCUT2D eigenvalue weighted by molar-refractivity contribution is 0.286. The van der Waals surface area contributed by atoms with E-state index in [2.05, 4.69) is 23.7 Å². The first-order valence-electron chi connectivity index (χ1n) is 10.1. The van der Waals surface area contributed by atoms with Crippen LogP contribution < -0.4 is 10.2 Å². The summed E-state index contributed by atoms with van der Waals surface area (Å²) in [6.07, 6.45) is 1.65. The van der Waals surface area contributed by atoms with E-state index in [1.54, 1.807) is 18.5 Å². The summed E-state index contributed by atoms with van der Waals surface area (Å²) in [7, 11) is 0. The van der Waals surface area contributed by atoms with Crippen LogP contribution in [0.4, 0.5) is 0 Å². The van der Waals surface area contributed by atoms with E-state index >= 15 is 0 Å². The first-order valence-corrected chi connectivity index (χ1v) is 10.5. The standard InChI is InChI=1S/C23H25ClN4O2/c1-3-27(4-2)11-12-28-14-26-23-21(22(28)25)20(16-7-5-6-8-18(16)24)17-10-9-15(29)13-19(17)30-23/h5-10,13-14,20,25,29H,3-4,11-12H2,1-2H3/t20-/m0/s1. The third kappa shape index (κ3) is 3.68. The van der Waals surface area contributed by atoms with Crippen molar-refractivity contribution in [3.63, 3.8) is 0 Å². The van der Waals surface area contributed by atoms with E-state index < -0.39 is 0 Å². The van der Waals surface area contributed by atoms with Gasteiger partial charge >= 0.3 is 0 Å². The average Bonchev–Trinajstić information content (AvgIpc) is 2.75. The van der Waals surface area contributed by atoms with E-state index in [-0.39, 0.29) is 11.7 Å². The number of hydrogen-bond donors (Lipinski definition) is 2. The summed E-state index contributed by atoms with van der Waals surface area (Å²) in [5.74, 6) is 0.715. The number of ether oxygens (including phenoxy) is 1. The fraction of sp³-hybridized carbons (Fsp3) is 0.304. The van der Waals surface area contributed by atoms with Crippen LogP contribution in [0.2, 0.25) is 5.02 Å². The number of hydrogen-bond acceptors (Lipinski definition) is 5. The number of benzene rings is 2. The number of fused-ring (bicyclic) bond motifs is 2. The van der Waals surface area contributed by atoms with Crippen LogP contribution in [0.25, 0.3) is 0 Å². The van der Waals surface area contributed by atoms with Gasteiger partial charge in [-0.15, -0.1) is 0 Å². The zero-order chi connectivity index (χ0) is 21.3. The van der Waals surface area contributed by atoms with Crippen LogP contribution in [0, 0.1) is 5.41 Å². The second-order valence-corrected chi connectivity index (χ2v) is 7.72. The Morgan fingerprint density at radius 3 is 2.67 bits per heavy atom. The van der Waals surface area contributed by atoms with Gasteiger partial charge in [0.15, 0.2) is 0 Å². The highest BCUT2D eigenvalue weighted by Crippen LogP contribution is 2.47. The molecule has 0 radical (unpaired) electrons. The molecule has 6 nitrogen and oxygen atoms in total. The van der Waals surface area contributed by atoms with Crippen LogP contribution in [0.5, 0.6) is 17.4 Å². The molecule has 1 aliphatic rings. The molecule has 2 N–H and O–H groups in total. The highest BCUT2D eigenvalue weighted by molar-refractivity contribution is 6.31. The maximum Gasteiger partial charge on any atom is 0.228 e. The number of aromatic hydroxyl groups is 1. The number of likely N-dealkylation sites (N-methyl/N-ethyl adjacent to an activating group) is 1. The number of phenolic OH excluding ortho intramolecular Hbond substituents is 1. The molecule has 7 heteroatoms. The minimum atomic E-state index is -0.307. The van der Waals surface area contributed by atoms with Crippen LogP contribution in [-0.4, -0.2) is 39.2 Å². The van der Waals surface area contributed by atoms with Gasteiger partial charge in [0.1, 0.15) is 23.3 Å². The van der Waals surface area contributed by atoms with Gasteiger partial charge in [0.2, 0.25) is 5.88 Å². The van der Waals surface area contributed by atoms with Crippen LogP contribution in [0.3, 0.4) is 0 Å². The Kier molecular flexibility index (Phi) is 5.79. The molecule has 3 aromatic rings. The van der Waals surface area contributed by atoms with Crippen LogP contribution >= 0.6 is 11.6 Å². The molecule has 2 aromatic carbocycles. The van der Waals surface area contributed by atoms with E-state index in [1.807, 2.05) is 34.9 Å². The quantitative estimate of drug-likeness (QED) is 0.482. The van der Waals surface area contributed by atoms with Gasteiger partial charge in [-0.05, 0) is 30.8 Å². The van der Waals surface area contributed by atoms with E-state index in [1.165, 1.54) is 0 Å². The summed E-state index contributed by atoms with van der Waals surface area (Å²) < 4.78 is 7.85. The molecular formula is C23H25ClN4O2. The molecular weight excluding hydrogens is 400 g/mol. The molecule has 2 heterocycles. The van der Waals surface area contributed by atoms with Gasteiger partial charge in [0.25, 0.3) is 0 Å². The molecule has 0 saturated carbocycles. The normalized spacial score (nSPS) is 14.9. The topological polar surface area (TPSA) is 74.4 Å². The van der Waals surface area contributed by atoms with E-state index in [4.69, 9.17) is 21.7 Å². The number of nitrogens with one attached hydrogen (secondary N) is 1. The molecule has 1 aromatic heterocycles. The van der Waals surface area contributed by atoms with Crippen LogP contribution in [0.15, 0.2) is 48.8 Å². The third-order valence-corrected chi connectivity index (χ3v) is 6.00. The maximum atomic E-state index is 9.94. The fourth-order valence-electron chi connectivity index (χ4n) is 3.95. The molecule has 0 fully saturated rings. The van der Waals surface area contributed by atoms with E-state index in [0.29, 0.717) is 34.2 Å². The lowest BCUT2D eigenvalue weighted by atomic mass is 9.84. The predicted octanol–water partition coefficient (Wildman–Crippen LogP) is 4.35. The van der Waals surface area contributed by atoms with Crippen molar-refractivity contribution < 1.29 is 9.84 Å². The number of phenols is 1. The minimum absolute atomic E-state index is 0.117. The molecule has 156 valence electrons. The lowest BCUT2D eigenvalue weighted by Gasteiger charge is -2.29. The summed E-state index contributed by atoms with van der Waals surface area (Å²) in [5, 5.41) is 19.5. The summed E-state index contributed by atoms with van der Waals surface area (Å²) in [6, 6.07) is 12.7. The van der Waals surface area contributed by atoms with Crippen molar-refractivity contribution in [3.8, 4) is 17.4 Å². The molecule has 0 amide bonds. The van der Waals surface area contributed by atoms with Crippen LogP contribution in [-0.2, 0) is 6.54 Å². The second-order valence-electron chi connectivity index (χ2n) is 7.31. The SMILES string of the molecule is CCN(CC)CCn1cnc2c(c1=N)[C@@H](c1ccccc1Cl)c1ccc(O)cc1O2. The van der Waals surface area contributed by atoms with Crippen molar-refractivity contribution in [1.82, 2.24) is 14.5 Å². The van der Waals surface area contributed by atoms with Gasteiger partial charge in [-0.1, -0.05) is 49.7 Å². The zero-order valence-corrected chi connectivity index (χ0v) is 17.9. The summed E-state index contributed by atoms with van der Waals surface area (Å²) in [4.78, 5) is 6.83. The third-order valence-electron chi connectivity index (χ3n) is 5.66. The molecule has 30 heavy (non-hydrogen) atoms. The molecule has 0 bridgehead atoms. The summed E-state index contributed by atoms with van der Waals surface area (Å²) in [5.41, 5.74) is 2.77. The Morgan fingerprint density at radius 2 is 1.93 bits per heavy atom. The maximum absolute atomic E-state index is 9.94. The molecule has 4 rings (SSSR count). The van der Waals surface area contributed by atoms with Crippen molar-refractivity contribution in [2.75, 3.05) is 19.6 Å². The van der Waals surface area contributed by atoms with E-state index in [0.717, 1.165) is 30.8 Å². The molecule has 0 saturated heterocycles. The Bertz CT molecular complexity index is 1120. The predicted molar refractivity (Wildman–Crippen MR) is 116 cm³/mol. The van der Waals surface area contributed by atoms with Gasteiger partial charge < -0.3 is 19.3 Å². The van der Waals surface area contributed by atoms with E-state index in [9.17, 15) is 5.11 Å². The number of rotatable bonds is 6. The number of aromatic nitrogens is 2. The van der Waals surface area contributed by atoms with Gasteiger partial charge in [-0.2, -0.15) is 0 Å². The Balaban J connectivity index is 1.85. The second kappa shape index (κ2) is 8.50. The largest absolute Gasteiger partial charge is 0.508 e. The van der Waals surface area contributed by atoms with Crippen molar-refractivity contribution in [3.05, 3.63) is 76.0 Å². The van der Waals surface area contributed by atoms with Crippen molar-refractivity contribution in [2.45, 2.75) is 26.3 Å². The first-order chi connectivity index (χ1) is 14.5. The molecule has 1 aliphatic heterocycles. The highest BCUT2D eigenvalue weighted by Gasteiger charge is 2.33. The van der Waals surface area contributed by atoms with Crippen molar-refractivity contribution in [2.24, 2.45) is 0 Å². The van der Waals surface area contributed by atoms with Crippen molar-refractivity contribution >= 4 is 11.6 Å². The molecule has 0 unspecified atom stereocenters. The van der Waals surface area contributed by atoms with Gasteiger partial charge in [-0.25, -0.2) is 4.98 Å². The minimum Gasteiger partial charge on any atom is -0.508 e. The summed E-state index contributed by atoms with van der Waals surface area (Å²) in [6.45, 7) is 7.70. The van der Waals surface area contributed by atoms with Gasteiger partial charge in [-0.3, -0.25) is 5.41 Å². The Hall–Kier alpha value is -2.83. The summed E-state index contributed by atoms with van der Waals surface area (Å²) >= 11 is 6.57. The average molecular weight is 425 g/mol. The van der Waals surface area contributed by atoms with Gasteiger partial charge in [0.05, 0.1) is 5.56 Å². The number of nitrogens with zero attached hydrogens (tertiary/aromatic N) is 3. The molecule has 1 atom stereocenters. The Morgan fingerprint density at radius 1 is 1.17 bits per heavy atom. The van der Waals surface area contributed by atoms with Crippen molar-refractivity contribution in [1.29, 1.82) is 5.41 Å². The lowest BCUT2D eigenvalue weighted by Crippen LogP contribution is -2.34.